The summed E-state index contributed by atoms with van der Waals surface area (Å²) in [4.78, 5) is 29.3. The lowest BCUT2D eigenvalue weighted by Gasteiger charge is -2.18. The van der Waals surface area contributed by atoms with E-state index in [1.807, 2.05) is 0 Å². The van der Waals surface area contributed by atoms with Gasteiger partial charge in [-0.3, -0.25) is 14.6 Å². The number of ketones is 1. The maximum atomic E-state index is 12.7. The lowest BCUT2D eigenvalue weighted by atomic mass is 9.88. The normalized spacial score (nSPS) is 12.8. The largest absolute Gasteiger partial charge is 0.497 e. The third kappa shape index (κ3) is 4.07. The molecule has 1 N–H and O–H groups in total. The zero-order valence-corrected chi connectivity index (χ0v) is 13.7. The molecule has 1 aromatic carbocycles. The first-order chi connectivity index (χ1) is 11.6. The highest BCUT2D eigenvalue weighted by Crippen LogP contribution is 2.23. The van der Waals surface area contributed by atoms with Gasteiger partial charge < -0.3 is 10.1 Å². The molecule has 124 valence electrons. The Kier molecular flexibility index (Phi) is 5.84. The average molecular weight is 324 g/mol. The maximum absolute atomic E-state index is 12.7. The van der Waals surface area contributed by atoms with Gasteiger partial charge in [-0.15, -0.1) is 6.58 Å². The van der Waals surface area contributed by atoms with Crippen molar-refractivity contribution in [3.8, 4) is 5.75 Å². The number of rotatable bonds is 7. The second-order valence-electron chi connectivity index (χ2n) is 5.36. The Morgan fingerprint density at radius 3 is 2.50 bits per heavy atom. The maximum Gasteiger partial charge on any atom is 0.239 e. The highest BCUT2D eigenvalue weighted by molar-refractivity contribution is 6.12. The summed E-state index contributed by atoms with van der Waals surface area (Å²) in [7, 11) is 1.57. The van der Waals surface area contributed by atoms with Gasteiger partial charge in [0.25, 0.3) is 0 Å². The van der Waals surface area contributed by atoms with Crippen molar-refractivity contribution in [1.82, 2.24) is 4.98 Å². The number of anilines is 1. The Labute approximate surface area is 141 Å². The van der Waals surface area contributed by atoms with E-state index in [9.17, 15) is 9.59 Å². The monoisotopic (exact) mass is 324 g/mol. The zero-order valence-electron chi connectivity index (χ0n) is 13.7. The van der Waals surface area contributed by atoms with E-state index in [1.165, 1.54) is 12.3 Å². The van der Waals surface area contributed by atoms with E-state index in [0.717, 1.165) is 0 Å². The van der Waals surface area contributed by atoms with Gasteiger partial charge in [0.2, 0.25) is 5.91 Å². The van der Waals surface area contributed by atoms with E-state index in [2.05, 4.69) is 16.9 Å². The van der Waals surface area contributed by atoms with Crippen LogP contribution in [0.5, 0.6) is 5.75 Å². The molecule has 0 fully saturated rings. The molecule has 0 aliphatic carbocycles. The smallest absolute Gasteiger partial charge is 0.239 e. The van der Waals surface area contributed by atoms with Gasteiger partial charge >= 0.3 is 0 Å². The molecular formula is C19H20N2O3. The minimum Gasteiger partial charge on any atom is -0.497 e. The van der Waals surface area contributed by atoms with Crippen LogP contribution in [0.4, 0.5) is 5.69 Å². The van der Waals surface area contributed by atoms with Crippen LogP contribution >= 0.6 is 0 Å². The number of aromatic nitrogens is 1. The number of amides is 1. The van der Waals surface area contributed by atoms with Gasteiger partial charge in [0, 0.05) is 24.0 Å². The molecule has 0 bridgehead atoms. The van der Waals surface area contributed by atoms with Gasteiger partial charge in [-0.2, -0.15) is 0 Å². The average Bonchev–Trinajstić information content (AvgIpc) is 2.62. The molecule has 2 aromatic rings. The molecule has 1 aromatic heterocycles. The summed E-state index contributed by atoms with van der Waals surface area (Å²) < 4.78 is 5.09. The number of ether oxygens (including phenoxy) is 1. The number of nitrogens with zero attached hydrogens (tertiary/aromatic N) is 1. The number of hydrogen-bond donors (Lipinski definition) is 1. The molecule has 0 aliphatic heterocycles. The van der Waals surface area contributed by atoms with Crippen LogP contribution in [0.25, 0.3) is 0 Å². The molecule has 2 atom stereocenters. The van der Waals surface area contributed by atoms with E-state index in [0.29, 0.717) is 17.0 Å². The molecular weight excluding hydrogens is 304 g/mol. The van der Waals surface area contributed by atoms with Crippen molar-refractivity contribution in [3.63, 3.8) is 0 Å². The van der Waals surface area contributed by atoms with Crippen LogP contribution in [0.15, 0.2) is 61.4 Å². The third-order valence-electron chi connectivity index (χ3n) is 3.72. The SMILES string of the molecule is C=CC(C)C(=O)C(C(=O)Nc1ccc(OC)cc1)c1cccnc1. The lowest BCUT2D eigenvalue weighted by Crippen LogP contribution is -2.30. The summed E-state index contributed by atoms with van der Waals surface area (Å²) in [6, 6.07) is 10.3. The Balaban J connectivity index is 2.26. The summed E-state index contributed by atoms with van der Waals surface area (Å²) in [6.07, 6.45) is 4.67. The highest BCUT2D eigenvalue weighted by atomic mass is 16.5. The quantitative estimate of drug-likeness (QED) is 0.627. The first-order valence-corrected chi connectivity index (χ1v) is 7.58. The second kappa shape index (κ2) is 8.06. The summed E-state index contributed by atoms with van der Waals surface area (Å²) in [5, 5.41) is 2.77. The van der Waals surface area contributed by atoms with Gasteiger partial charge in [0.1, 0.15) is 11.7 Å². The molecule has 1 heterocycles. The van der Waals surface area contributed by atoms with Crippen molar-refractivity contribution < 1.29 is 14.3 Å². The molecule has 2 rings (SSSR count). The predicted molar refractivity (Wildman–Crippen MR) is 93.0 cm³/mol. The molecule has 0 saturated heterocycles. The van der Waals surface area contributed by atoms with Crippen molar-refractivity contribution in [3.05, 3.63) is 67.0 Å². The molecule has 0 aliphatic rings. The van der Waals surface area contributed by atoms with Crippen LogP contribution in [-0.4, -0.2) is 23.8 Å². The fraction of sp³-hybridized carbons (Fsp3) is 0.211. The van der Waals surface area contributed by atoms with Gasteiger partial charge in [0.15, 0.2) is 5.78 Å². The van der Waals surface area contributed by atoms with Crippen molar-refractivity contribution in [2.45, 2.75) is 12.8 Å². The number of nitrogens with one attached hydrogen (secondary N) is 1. The Morgan fingerprint density at radius 1 is 1.25 bits per heavy atom. The zero-order chi connectivity index (χ0) is 17.5. The van der Waals surface area contributed by atoms with Gasteiger partial charge in [-0.25, -0.2) is 0 Å². The standard InChI is InChI=1S/C19H20N2O3/c1-4-13(2)18(22)17(14-6-5-11-20-12-14)19(23)21-15-7-9-16(24-3)10-8-15/h4-13,17H,1H2,2-3H3,(H,21,23). The van der Waals surface area contributed by atoms with Gasteiger partial charge in [0.05, 0.1) is 7.11 Å². The number of pyridine rings is 1. The van der Waals surface area contributed by atoms with Crippen molar-refractivity contribution in [2.24, 2.45) is 5.92 Å². The number of Topliss-reactive ketones (excluding diaryl/α,β-unsaturated/α-hetero) is 1. The molecule has 0 saturated carbocycles. The number of methoxy groups -OCH3 is 1. The molecule has 24 heavy (non-hydrogen) atoms. The third-order valence-corrected chi connectivity index (χ3v) is 3.72. The van der Waals surface area contributed by atoms with Crippen molar-refractivity contribution >= 4 is 17.4 Å². The van der Waals surface area contributed by atoms with E-state index >= 15 is 0 Å². The first kappa shape index (κ1) is 17.4. The minimum absolute atomic E-state index is 0.219. The molecule has 1 amide bonds. The van der Waals surface area contributed by atoms with Crippen molar-refractivity contribution in [2.75, 3.05) is 12.4 Å². The Morgan fingerprint density at radius 2 is 1.96 bits per heavy atom. The lowest BCUT2D eigenvalue weighted by molar-refractivity contribution is -0.129. The molecule has 0 spiro atoms. The Bertz CT molecular complexity index is 711. The fourth-order valence-electron chi connectivity index (χ4n) is 2.26. The number of hydrogen-bond acceptors (Lipinski definition) is 4. The number of carbonyl (C=O) groups is 2. The van der Waals surface area contributed by atoms with Crippen LogP contribution in [0.1, 0.15) is 18.4 Å². The van der Waals surface area contributed by atoms with Crippen LogP contribution in [-0.2, 0) is 9.59 Å². The van der Waals surface area contributed by atoms with Crippen LogP contribution < -0.4 is 10.1 Å². The van der Waals surface area contributed by atoms with Gasteiger partial charge in [-0.05, 0) is 35.9 Å². The molecule has 2 unspecified atom stereocenters. The van der Waals surface area contributed by atoms with Crippen LogP contribution in [0.2, 0.25) is 0 Å². The van der Waals surface area contributed by atoms with Crippen molar-refractivity contribution in [1.29, 1.82) is 0 Å². The summed E-state index contributed by atoms with van der Waals surface area (Å²) in [5.74, 6) is -1.30. The highest BCUT2D eigenvalue weighted by Gasteiger charge is 2.31. The fourth-order valence-corrected chi connectivity index (χ4v) is 2.26. The summed E-state index contributed by atoms with van der Waals surface area (Å²) in [6.45, 7) is 5.36. The second-order valence-corrected chi connectivity index (χ2v) is 5.36. The summed E-state index contributed by atoms with van der Waals surface area (Å²) >= 11 is 0. The van der Waals surface area contributed by atoms with E-state index in [4.69, 9.17) is 4.74 Å². The molecule has 5 nitrogen and oxygen atoms in total. The minimum atomic E-state index is -0.936. The van der Waals surface area contributed by atoms with E-state index in [1.54, 1.807) is 56.6 Å². The predicted octanol–water partition coefficient (Wildman–Crippen LogP) is 3.20. The molecule has 0 radical (unpaired) electrons. The topological polar surface area (TPSA) is 68.3 Å². The molecule has 5 heteroatoms. The summed E-state index contributed by atoms with van der Waals surface area (Å²) in [5.41, 5.74) is 1.15. The Hall–Kier alpha value is -2.95. The number of benzene rings is 1. The number of allylic oxidation sites excluding steroid dienone is 1. The van der Waals surface area contributed by atoms with Crippen LogP contribution in [0, 0.1) is 5.92 Å². The van der Waals surface area contributed by atoms with E-state index < -0.39 is 17.7 Å². The van der Waals surface area contributed by atoms with Crippen LogP contribution in [0.3, 0.4) is 0 Å². The van der Waals surface area contributed by atoms with Gasteiger partial charge in [-0.1, -0.05) is 19.1 Å². The number of carbonyl (C=O) groups excluding carboxylic acids is 2. The first-order valence-electron chi connectivity index (χ1n) is 7.58. The van der Waals surface area contributed by atoms with E-state index in [-0.39, 0.29) is 5.78 Å².